The second kappa shape index (κ2) is 12.5. The maximum Gasteiger partial charge on any atom is 0.416 e. The van der Waals surface area contributed by atoms with Crippen LogP contribution in [0.5, 0.6) is 0 Å². The second-order valence-corrected chi connectivity index (χ2v) is 10.0. The number of imidazole rings is 1. The predicted molar refractivity (Wildman–Crippen MR) is 144 cm³/mol. The van der Waals surface area contributed by atoms with Crippen molar-refractivity contribution < 1.29 is 22.8 Å². The quantitative estimate of drug-likeness (QED) is 0.348. The molecule has 39 heavy (non-hydrogen) atoms. The van der Waals surface area contributed by atoms with Gasteiger partial charge in [0.25, 0.3) is 0 Å². The number of rotatable bonds is 9. The molecule has 0 spiro atoms. The zero-order valence-corrected chi connectivity index (χ0v) is 22.4. The molecule has 0 unspecified atom stereocenters. The van der Waals surface area contributed by atoms with Crippen LogP contribution in [-0.2, 0) is 28.9 Å². The fraction of sp³-hybridized carbons (Fsp3) is 0.393. The summed E-state index contributed by atoms with van der Waals surface area (Å²) < 4.78 is 41.2. The van der Waals surface area contributed by atoms with Crippen molar-refractivity contribution in [3.63, 3.8) is 0 Å². The lowest BCUT2D eigenvalue weighted by Crippen LogP contribution is -2.50. The van der Waals surface area contributed by atoms with Gasteiger partial charge in [0.2, 0.25) is 11.8 Å². The SMILES string of the molecule is CCCN(Cc1cccc(C(F)(F)F)c1)c1ccc(NC(=O)[C@H]2CCCCN2C(=O)Cn2ccnc2)cc1Cl. The lowest BCUT2D eigenvalue weighted by Gasteiger charge is -2.35. The molecule has 0 radical (unpaired) electrons. The van der Waals surface area contributed by atoms with Crippen LogP contribution in [0.1, 0.15) is 43.7 Å². The lowest BCUT2D eigenvalue weighted by molar-refractivity contribution is -0.140. The maximum absolute atomic E-state index is 13.2. The van der Waals surface area contributed by atoms with Gasteiger partial charge in [0.1, 0.15) is 12.6 Å². The van der Waals surface area contributed by atoms with Gasteiger partial charge in [-0.1, -0.05) is 30.7 Å². The summed E-state index contributed by atoms with van der Waals surface area (Å²) in [6, 6.07) is 9.77. The topological polar surface area (TPSA) is 70.5 Å². The first-order valence-corrected chi connectivity index (χ1v) is 13.3. The molecule has 0 aliphatic carbocycles. The van der Waals surface area contributed by atoms with Crippen molar-refractivity contribution in [3.05, 3.63) is 77.3 Å². The van der Waals surface area contributed by atoms with Crippen molar-refractivity contribution in [2.75, 3.05) is 23.3 Å². The molecular formula is C28H31ClF3N5O2. The first-order valence-electron chi connectivity index (χ1n) is 12.9. The van der Waals surface area contributed by atoms with Crippen LogP contribution in [0.4, 0.5) is 24.5 Å². The molecule has 2 amide bonds. The van der Waals surface area contributed by atoms with Crippen molar-refractivity contribution in [2.45, 2.75) is 57.9 Å². The van der Waals surface area contributed by atoms with Gasteiger partial charge >= 0.3 is 6.18 Å². The van der Waals surface area contributed by atoms with Gasteiger partial charge < -0.3 is 19.7 Å². The number of likely N-dealkylation sites (tertiary alicyclic amines) is 1. The Hall–Kier alpha value is -3.53. The number of hydrogen-bond donors (Lipinski definition) is 1. The molecule has 0 saturated carbocycles. The van der Waals surface area contributed by atoms with E-state index in [4.69, 9.17) is 11.6 Å². The number of hydrogen-bond acceptors (Lipinski definition) is 4. The summed E-state index contributed by atoms with van der Waals surface area (Å²) in [5.41, 5.74) is 0.964. The fourth-order valence-corrected chi connectivity index (χ4v) is 5.12. The molecule has 1 atom stereocenters. The Balaban J connectivity index is 1.46. The largest absolute Gasteiger partial charge is 0.416 e. The van der Waals surface area contributed by atoms with E-state index >= 15 is 0 Å². The van der Waals surface area contributed by atoms with Gasteiger partial charge in [0.15, 0.2) is 0 Å². The summed E-state index contributed by atoms with van der Waals surface area (Å²) in [7, 11) is 0. The zero-order chi connectivity index (χ0) is 28.0. The Morgan fingerprint density at radius 1 is 1.18 bits per heavy atom. The molecule has 2 aromatic carbocycles. The summed E-state index contributed by atoms with van der Waals surface area (Å²) >= 11 is 6.61. The first kappa shape index (κ1) is 28.5. The third kappa shape index (κ3) is 7.32. The number of carbonyl (C=O) groups is 2. The van der Waals surface area contributed by atoms with Crippen molar-refractivity contribution in [1.29, 1.82) is 0 Å². The minimum absolute atomic E-state index is 0.115. The highest BCUT2D eigenvalue weighted by atomic mass is 35.5. The number of anilines is 2. The van der Waals surface area contributed by atoms with Crippen LogP contribution in [0.2, 0.25) is 5.02 Å². The van der Waals surface area contributed by atoms with Gasteiger partial charge in [0.05, 0.1) is 22.6 Å². The van der Waals surface area contributed by atoms with Crippen LogP contribution in [0.3, 0.4) is 0 Å². The molecule has 4 rings (SSSR count). The van der Waals surface area contributed by atoms with Gasteiger partial charge in [-0.25, -0.2) is 4.98 Å². The number of nitrogens with zero attached hydrogens (tertiary/aromatic N) is 4. The Kier molecular flexibility index (Phi) is 9.16. The lowest BCUT2D eigenvalue weighted by atomic mass is 10.0. The minimum atomic E-state index is -4.42. The summed E-state index contributed by atoms with van der Waals surface area (Å²) in [4.78, 5) is 33.6. The van der Waals surface area contributed by atoms with Crippen molar-refractivity contribution in [1.82, 2.24) is 14.5 Å². The van der Waals surface area contributed by atoms with E-state index in [0.29, 0.717) is 41.5 Å². The summed E-state index contributed by atoms with van der Waals surface area (Å²) in [6.45, 7) is 3.43. The molecule has 3 aromatic rings. The van der Waals surface area contributed by atoms with Crippen LogP contribution < -0.4 is 10.2 Å². The number of benzene rings is 2. The van der Waals surface area contributed by atoms with E-state index in [1.165, 1.54) is 6.07 Å². The fourth-order valence-electron chi connectivity index (χ4n) is 4.82. The molecule has 1 fully saturated rings. The second-order valence-electron chi connectivity index (χ2n) is 9.61. The maximum atomic E-state index is 13.2. The Bertz CT molecular complexity index is 1280. The molecular weight excluding hydrogens is 531 g/mol. The number of nitrogens with one attached hydrogen (secondary N) is 1. The van der Waals surface area contributed by atoms with E-state index in [2.05, 4.69) is 10.3 Å². The third-order valence-corrected chi connectivity index (χ3v) is 6.98. The van der Waals surface area contributed by atoms with Gasteiger partial charge in [-0.3, -0.25) is 9.59 Å². The Morgan fingerprint density at radius 2 is 2.00 bits per heavy atom. The van der Waals surface area contributed by atoms with E-state index in [1.54, 1.807) is 52.5 Å². The number of carbonyl (C=O) groups excluding carboxylic acids is 2. The van der Waals surface area contributed by atoms with E-state index in [0.717, 1.165) is 31.4 Å². The van der Waals surface area contributed by atoms with E-state index in [1.807, 2.05) is 11.8 Å². The van der Waals surface area contributed by atoms with Crippen molar-refractivity contribution >= 4 is 34.8 Å². The van der Waals surface area contributed by atoms with Gasteiger partial charge in [0, 0.05) is 37.7 Å². The highest BCUT2D eigenvalue weighted by Gasteiger charge is 2.32. The molecule has 7 nitrogen and oxygen atoms in total. The van der Waals surface area contributed by atoms with Crippen LogP contribution >= 0.6 is 11.6 Å². The van der Waals surface area contributed by atoms with Gasteiger partial charge in [-0.05, 0) is 61.6 Å². The number of alkyl halides is 3. The molecule has 208 valence electrons. The van der Waals surface area contributed by atoms with Crippen molar-refractivity contribution in [3.8, 4) is 0 Å². The Labute approximate surface area is 230 Å². The third-order valence-electron chi connectivity index (χ3n) is 6.68. The van der Waals surface area contributed by atoms with E-state index < -0.39 is 17.8 Å². The van der Waals surface area contributed by atoms with Gasteiger partial charge in [-0.15, -0.1) is 0 Å². The van der Waals surface area contributed by atoms with Crippen LogP contribution in [0, 0.1) is 0 Å². The highest BCUT2D eigenvalue weighted by Crippen LogP contribution is 2.33. The molecule has 1 aliphatic heterocycles. The standard InChI is InChI=1S/C28H31ClF3N5O2/c1-2-12-36(17-20-6-5-7-21(15-20)28(30,31)32)24-10-9-22(16-23(24)29)34-27(39)25-8-3-4-13-37(25)26(38)18-35-14-11-33-19-35/h5-7,9-11,14-16,19,25H,2-4,8,12-13,17-18H2,1H3,(H,34,39)/t25-/m1/s1. The van der Waals surface area contributed by atoms with Crippen LogP contribution in [0.25, 0.3) is 0 Å². The molecule has 1 saturated heterocycles. The monoisotopic (exact) mass is 561 g/mol. The number of amides is 2. The zero-order valence-electron chi connectivity index (χ0n) is 21.6. The summed E-state index contributed by atoms with van der Waals surface area (Å²) in [5, 5.41) is 3.25. The average Bonchev–Trinajstić information content (AvgIpc) is 3.41. The number of halogens is 4. The van der Waals surface area contributed by atoms with E-state index in [-0.39, 0.29) is 24.9 Å². The van der Waals surface area contributed by atoms with Gasteiger partial charge in [-0.2, -0.15) is 13.2 Å². The van der Waals surface area contributed by atoms with Crippen LogP contribution in [0.15, 0.2) is 61.2 Å². The summed E-state index contributed by atoms with van der Waals surface area (Å²) in [5.74, 6) is -0.432. The molecule has 2 heterocycles. The number of piperidine rings is 1. The Morgan fingerprint density at radius 3 is 2.69 bits per heavy atom. The average molecular weight is 562 g/mol. The van der Waals surface area contributed by atoms with Crippen molar-refractivity contribution in [2.24, 2.45) is 0 Å². The first-order chi connectivity index (χ1) is 18.7. The molecule has 1 N–H and O–H groups in total. The number of aromatic nitrogens is 2. The predicted octanol–water partition coefficient (Wildman–Crippen LogP) is 5.99. The van der Waals surface area contributed by atoms with E-state index in [9.17, 15) is 22.8 Å². The molecule has 11 heteroatoms. The van der Waals surface area contributed by atoms with Crippen LogP contribution in [-0.4, -0.2) is 45.4 Å². The smallest absolute Gasteiger partial charge is 0.366 e. The molecule has 0 bridgehead atoms. The summed E-state index contributed by atoms with van der Waals surface area (Å²) in [6.07, 6.45) is 3.45. The normalized spacial score (nSPS) is 15.7. The minimum Gasteiger partial charge on any atom is -0.366 e. The molecule has 1 aliphatic rings. The molecule has 1 aromatic heterocycles. The highest BCUT2D eigenvalue weighted by molar-refractivity contribution is 6.33.